The van der Waals surface area contributed by atoms with Crippen molar-refractivity contribution in [3.05, 3.63) is 33.9 Å². The van der Waals surface area contributed by atoms with E-state index in [9.17, 15) is 10.1 Å². The minimum atomic E-state index is -0.350. The Morgan fingerprint density at radius 2 is 2.24 bits per heavy atom. The Hall–Kier alpha value is -1.62. The van der Waals surface area contributed by atoms with Crippen molar-refractivity contribution in [2.24, 2.45) is 5.92 Å². The molecule has 2 unspecified atom stereocenters. The lowest BCUT2D eigenvalue weighted by Gasteiger charge is -2.27. The van der Waals surface area contributed by atoms with Crippen LogP contribution in [0.2, 0.25) is 0 Å². The zero-order chi connectivity index (χ0) is 15.2. The predicted octanol–water partition coefficient (Wildman–Crippen LogP) is 3.66. The number of benzene rings is 1. The molecule has 0 spiro atoms. The van der Waals surface area contributed by atoms with Crippen LogP contribution in [-0.2, 0) is 6.54 Å². The molecule has 5 heteroatoms. The second-order valence-corrected chi connectivity index (χ2v) is 5.85. The van der Waals surface area contributed by atoms with E-state index >= 15 is 0 Å². The van der Waals surface area contributed by atoms with Crippen LogP contribution < -0.4 is 10.1 Å². The van der Waals surface area contributed by atoms with Gasteiger partial charge in [-0.15, -0.1) is 0 Å². The molecule has 2 rings (SSSR count). The fourth-order valence-electron chi connectivity index (χ4n) is 2.85. The summed E-state index contributed by atoms with van der Waals surface area (Å²) in [6, 6.07) is 5.26. The van der Waals surface area contributed by atoms with Gasteiger partial charge in [-0.25, -0.2) is 0 Å². The summed E-state index contributed by atoms with van der Waals surface area (Å²) in [6.07, 6.45) is 4.44. The lowest BCUT2D eigenvalue weighted by atomic mass is 9.89. The van der Waals surface area contributed by atoms with Crippen LogP contribution in [0.5, 0.6) is 5.75 Å². The zero-order valence-electron chi connectivity index (χ0n) is 12.8. The average molecular weight is 292 g/mol. The highest BCUT2D eigenvalue weighted by Gasteiger charge is 2.24. The summed E-state index contributed by atoms with van der Waals surface area (Å²) in [4.78, 5) is 10.9. The van der Waals surface area contributed by atoms with Crippen LogP contribution in [0.25, 0.3) is 0 Å². The van der Waals surface area contributed by atoms with Gasteiger partial charge in [0.05, 0.1) is 11.0 Å². The minimum absolute atomic E-state index is 0.0728. The van der Waals surface area contributed by atoms with E-state index in [0.717, 1.165) is 31.4 Å². The van der Waals surface area contributed by atoms with E-state index in [-0.39, 0.29) is 16.7 Å². The Morgan fingerprint density at radius 3 is 2.90 bits per heavy atom. The Kier molecular flexibility index (Phi) is 5.56. The molecule has 1 aromatic carbocycles. The lowest BCUT2D eigenvalue weighted by Crippen LogP contribution is -2.24. The third-order valence-electron chi connectivity index (χ3n) is 3.98. The molecule has 2 atom stereocenters. The summed E-state index contributed by atoms with van der Waals surface area (Å²) in [5.74, 6) is 1.04. The highest BCUT2D eigenvalue weighted by molar-refractivity contribution is 5.48. The van der Waals surface area contributed by atoms with Crippen molar-refractivity contribution in [3.8, 4) is 5.75 Å². The van der Waals surface area contributed by atoms with Crippen molar-refractivity contribution in [1.82, 2.24) is 5.32 Å². The average Bonchev–Trinajstić information content (AvgIpc) is 2.46. The predicted molar refractivity (Wildman–Crippen MR) is 82.5 cm³/mol. The molecule has 0 heterocycles. The summed E-state index contributed by atoms with van der Waals surface area (Å²) < 4.78 is 5.92. The summed E-state index contributed by atoms with van der Waals surface area (Å²) in [5, 5.41) is 14.4. The third-order valence-corrected chi connectivity index (χ3v) is 3.98. The molecule has 1 saturated carbocycles. The van der Waals surface area contributed by atoms with Crippen molar-refractivity contribution in [3.63, 3.8) is 0 Å². The summed E-state index contributed by atoms with van der Waals surface area (Å²) in [7, 11) is 0. The highest BCUT2D eigenvalue weighted by atomic mass is 16.6. The van der Waals surface area contributed by atoms with Gasteiger partial charge in [0.2, 0.25) is 0 Å². The van der Waals surface area contributed by atoms with Crippen molar-refractivity contribution in [1.29, 1.82) is 0 Å². The van der Waals surface area contributed by atoms with Gasteiger partial charge in [-0.05, 0) is 43.4 Å². The number of nitro benzene ring substituents is 1. The van der Waals surface area contributed by atoms with E-state index < -0.39 is 0 Å². The van der Waals surface area contributed by atoms with Gasteiger partial charge in [0.15, 0.2) is 5.75 Å². The summed E-state index contributed by atoms with van der Waals surface area (Å²) in [5.41, 5.74) is 0.983. The van der Waals surface area contributed by atoms with Crippen LogP contribution in [0.4, 0.5) is 5.69 Å². The van der Waals surface area contributed by atoms with E-state index in [2.05, 4.69) is 12.2 Å². The molecule has 1 aliphatic rings. The molecule has 1 aliphatic carbocycles. The highest BCUT2D eigenvalue weighted by Crippen LogP contribution is 2.33. The normalized spacial score (nSPS) is 22.0. The first kappa shape index (κ1) is 15.8. The van der Waals surface area contributed by atoms with E-state index in [1.807, 2.05) is 13.0 Å². The summed E-state index contributed by atoms with van der Waals surface area (Å²) >= 11 is 0. The van der Waals surface area contributed by atoms with Gasteiger partial charge in [0.25, 0.3) is 0 Å². The molecule has 0 aromatic heterocycles. The van der Waals surface area contributed by atoms with E-state index in [1.54, 1.807) is 12.1 Å². The van der Waals surface area contributed by atoms with Crippen LogP contribution in [0.3, 0.4) is 0 Å². The maximum atomic E-state index is 11.3. The molecular weight excluding hydrogens is 268 g/mol. The molecule has 116 valence electrons. The largest absolute Gasteiger partial charge is 0.483 e. The number of hydrogen-bond acceptors (Lipinski definition) is 4. The van der Waals surface area contributed by atoms with Gasteiger partial charge in [-0.1, -0.05) is 26.3 Å². The zero-order valence-corrected chi connectivity index (χ0v) is 12.8. The second kappa shape index (κ2) is 7.41. The van der Waals surface area contributed by atoms with Crippen LogP contribution in [-0.4, -0.2) is 17.6 Å². The first-order valence-corrected chi connectivity index (χ1v) is 7.74. The fraction of sp³-hybridized carbons (Fsp3) is 0.625. The van der Waals surface area contributed by atoms with Gasteiger partial charge in [0.1, 0.15) is 0 Å². The van der Waals surface area contributed by atoms with Crippen LogP contribution >= 0.6 is 0 Å². The lowest BCUT2D eigenvalue weighted by molar-refractivity contribution is -0.386. The van der Waals surface area contributed by atoms with Crippen molar-refractivity contribution in [2.75, 3.05) is 6.54 Å². The Labute approximate surface area is 125 Å². The number of nitro groups is 1. The molecular formula is C16H24N2O3. The quantitative estimate of drug-likeness (QED) is 0.642. The monoisotopic (exact) mass is 292 g/mol. The molecule has 0 amide bonds. The Morgan fingerprint density at radius 1 is 1.43 bits per heavy atom. The standard InChI is InChI=1S/C16H24N2O3/c1-3-17-11-13-7-8-16(15(10-13)18(19)20)21-14-6-4-5-12(2)9-14/h7-8,10,12,14,17H,3-6,9,11H2,1-2H3. The smallest absolute Gasteiger partial charge is 0.311 e. The third kappa shape index (κ3) is 4.43. The number of hydrogen-bond donors (Lipinski definition) is 1. The maximum Gasteiger partial charge on any atom is 0.311 e. The molecule has 0 saturated heterocycles. The van der Waals surface area contributed by atoms with E-state index in [1.165, 1.54) is 6.42 Å². The van der Waals surface area contributed by atoms with E-state index in [0.29, 0.717) is 18.2 Å². The maximum absolute atomic E-state index is 11.3. The molecule has 1 fully saturated rings. The first-order chi connectivity index (χ1) is 10.1. The summed E-state index contributed by atoms with van der Waals surface area (Å²) in [6.45, 7) is 5.70. The molecule has 1 N–H and O–H groups in total. The van der Waals surface area contributed by atoms with Crippen LogP contribution in [0, 0.1) is 16.0 Å². The topological polar surface area (TPSA) is 64.4 Å². The molecule has 5 nitrogen and oxygen atoms in total. The van der Waals surface area contributed by atoms with Crippen molar-refractivity contribution < 1.29 is 9.66 Å². The van der Waals surface area contributed by atoms with Gasteiger partial charge in [-0.2, -0.15) is 0 Å². The van der Waals surface area contributed by atoms with E-state index in [4.69, 9.17) is 4.74 Å². The van der Waals surface area contributed by atoms with Gasteiger partial charge in [0, 0.05) is 12.6 Å². The number of rotatable bonds is 6. The number of nitrogens with zero attached hydrogens (tertiary/aromatic N) is 1. The molecule has 21 heavy (non-hydrogen) atoms. The number of nitrogens with one attached hydrogen (secondary N) is 1. The van der Waals surface area contributed by atoms with Gasteiger partial charge in [-0.3, -0.25) is 10.1 Å². The second-order valence-electron chi connectivity index (χ2n) is 5.85. The first-order valence-electron chi connectivity index (χ1n) is 7.74. The molecule has 0 aliphatic heterocycles. The Bertz CT molecular complexity index is 490. The van der Waals surface area contributed by atoms with Gasteiger partial charge >= 0.3 is 5.69 Å². The number of ether oxygens (including phenoxy) is 1. The molecule has 0 radical (unpaired) electrons. The van der Waals surface area contributed by atoms with Crippen molar-refractivity contribution >= 4 is 5.69 Å². The van der Waals surface area contributed by atoms with Crippen LogP contribution in [0.15, 0.2) is 18.2 Å². The van der Waals surface area contributed by atoms with Gasteiger partial charge < -0.3 is 10.1 Å². The fourth-order valence-corrected chi connectivity index (χ4v) is 2.85. The minimum Gasteiger partial charge on any atom is -0.483 e. The van der Waals surface area contributed by atoms with Crippen molar-refractivity contribution in [2.45, 2.75) is 52.2 Å². The Balaban J connectivity index is 2.12. The SMILES string of the molecule is CCNCc1ccc(OC2CCCC(C)C2)c([N+](=O)[O-])c1. The molecule has 1 aromatic rings. The van der Waals surface area contributed by atoms with Crippen LogP contribution in [0.1, 0.15) is 45.1 Å². The molecule has 0 bridgehead atoms.